The van der Waals surface area contributed by atoms with E-state index in [1.165, 1.54) is 23.5 Å². The van der Waals surface area contributed by atoms with Crippen molar-refractivity contribution in [3.8, 4) is 23.1 Å². The minimum absolute atomic E-state index is 0.175. The molecule has 5 heteroatoms. The van der Waals surface area contributed by atoms with E-state index < -0.39 is 0 Å². The van der Waals surface area contributed by atoms with Gasteiger partial charge in [-0.2, -0.15) is 5.26 Å². The number of halogens is 1. The van der Waals surface area contributed by atoms with Gasteiger partial charge in [-0.3, -0.25) is 0 Å². The number of phenolic OH excluding ortho intramolecular Hbond substituents is 1. The van der Waals surface area contributed by atoms with E-state index in [4.69, 9.17) is 0 Å². The van der Waals surface area contributed by atoms with Gasteiger partial charge in [0.25, 0.3) is 0 Å². The third-order valence-corrected chi connectivity index (χ3v) is 4.07. The lowest BCUT2D eigenvalue weighted by Crippen LogP contribution is -1.83. The lowest BCUT2D eigenvalue weighted by molar-refractivity contribution is 0.475. The first-order valence-corrected chi connectivity index (χ1v) is 7.66. The zero-order chi connectivity index (χ0) is 16.2. The molecule has 0 spiro atoms. The first kappa shape index (κ1) is 14.9. The van der Waals surface area contributed by atoms with E-state index in [0.717, 1.165) is 11.1 Å². The van der Waals surface area contributed by atoms with E-state index in [1.54, 1.807) is 42.5 Å². The number of rotatable bonds is 3. The molecule has 0 saturated carbocycles. The Morgan fingerprint density at radius 1 is 1.13 bits per heavy atom. The Labute approximate surface area is 136 Å². The average molecular weight is 322 g/mol. The lowest BCUT2D eigenvalue weighted by Gasteiger charge is -1.97. The molecule has 3 aromatic rings. The molecule has 0 aliphatic carbocycles. The second-order valence-electron chi connectivity index (χ2n) is 4.81. The maximum absolute atomic E-state index is 13.0. The monoisotopic (exact) mass is 322 g/mol. The molecule has 1 N–H and O–H groups in total. The number of nitrogens with zero attached hydrogens (tertiary/aromatic N) is 2. The van der Waals surface area contributed by atoms with Gasteiger partial charge in [0.1, 0.15) is 22.6 Å². The number of allylic oxidation sites excluding steroid dienone is 1. The maximum Gasteiger partial charge on any atom is 0.134 e. The van der Waals surface area contributed by atoms with Crippen molar-refractivity contribution in [1.29, 1.82) is 5.26 Å². The van der Waals surface area contributed by atoms with Crippen molar-refractivity contribution in [3.63, 3.8) is 0 Å². The zero-order valence-electron chi connectivity index (χ0n) is 11.9. The van der Waals surface area contributed by atoms with Crippen LogP contribution in [0.2, 0.25) is 0 Å². The fourth-order valence-corrected chi connectivity index (χ4v) is 2.82. The van der Waals surface area contributed by atoms with Crippen LogP contribution in [0.4, 0.5) is 4.39 Å². The van der Waals surface area contributed by atoms with Crippen molar-refractivity contribution >= 4 is 23.0 Å². The Hall–Kier alpha value is -2.97. The number of phenols is 1. The molecular weight excluding hydrogens is 311 g/mol. The molecule has 2 aromatic carbocycles. The highest BCUT2D eigenvalue weighted by Crippen LogP contribution is 2.27. The number of thiazole rings is 1. The van der Waals surface area contributed by atoms with Crippen molar-refractivity contribution in [2.75, 3.05) is 0 Å². The van der Waals surface area contributed by atoms with Crippen LogP contribution < -0.4 is 0 Å². The molecule has 3 rings (SSSR count). The summed E-state index contributed by atoms with van der Waals surface area (Å²) in [7, 11) is 0. The van der Waals surface area contributed by atoms with Crippen molar-refractivity contribution in [3.05, 3.63) is 70.3 Å². The van der Waals surface area contributed by atoms with Gasteiger partial charge in [-0.05, 0) is 48.0 Å². The molecule has 1 heterocycles. The van der Waals surface area contributed by atoms with Crippen molar-refractivity contribution < 1.29 is 9.50 Å². The highest BCUT2D eigenvalue weighted by molar-refractivity contribution is 7.11. The summed E-state index contributed by atoms with van der Waals surface area (Å²) in [5, 5.41) is 21.1. The van der Waals surface area contributed by atoms with Gasteiger partial charge in [-0.1, -0.05) is 12.1 Å². The number of aromatic nitrogens is 1. The molecule has 112 valence electrons. The molecule has 0 aliphatic rings. The summed E-state index contributed by atoms with van der Waals surface area (Å²) in [4.78, 5) is 4.45. The minimum atomic E-state index is -0.297. The fraction of sp³-hybridized carbons (Fsp3) is 0. The molecule has 0 saturated heterocycles. The first-order valence-electron chi connectivity index (χ1n) is 6.78. The number of hydrogen-bond acceptors (Lipinski definition) is 4. The summed E-state index contributed by atoms with van der Waals surface area (Å²) in [6.07, 6.45) is 1.71. The molecule has 3 nitrogen and oxygen atoms in total. The summed E-state index contributed by atoms with van der Waals surface area (Å²) in [5.41, 5.74) is 2.75. The highest BCUT2D eigenvalue weighted by atomic mass is 32.1. The quantitative estimate of drug-likeness (QED) is 0.710. The molecule has 0 aliphatic heterocycles. The van der Waals surface area contributed by atoms with E-state index in [2.05, 4.69) is 11.1 Å². The molecule has 1 aromatic heterocycles. The fourth-order valence-electron chi connectivity index (χ4n) is 2.03. The van der Waals surface area contributed by atoms with Gasteiger partial charge in [0, 0.05) is 10.9 Å². The van der Waals surface area contributed by atoms with E-state index in [9.17, 15) is 14.8 Å². The third kappa shape index (κ3) is 3.44. The molecule has 0 fully saturated rings. The van der Waals surface area contributed by atoms with Gasteiger partial charge in [-0.25, -0.2) is 9.37 Å². The summed E-state index contributed by atoms with van der Waals surface area (Å²) in [6.45, 7) is 0. The third-order valence-electron chi connectivity index (χ3n) is 3.20. The molecule has 0 unspecified atom stereocenters. The van der Waals surface area contributed by atoms with Crippen LogP contribution >= 0.6 is 11.3 Å². The molecular formula is C18H11FN2OS. The van der Waals surface area contributed by atoms with Crippen molar-refractivity contribution in [2.24, 2.45) is 0 Å². The Kier molecular flexibility index (Phi) is 4.18. The average Bonchev–Trinajstić information content (AvgIpc) is 3.05. The number of nitriles is 1. The largest absolute Gasteiger partial charge is 0.508 e. The van der Waals surface area contributed by atoms with Crippen LogP contribution in [0.3, 0.4) is 0 Å². The van der Waals surface area contributed by atoms with Crippen LogP contribution in [0.5, 0.6) is 5.75 Å². The van der Waals surface area contributed by atoms with E-state index >= 15 is 0 Å². The van der Waals surface area contributed by atoms with Gasteiger partial charge >= 0.3 is 0 Å². The van der Waals surface area contributed by atoms with Crippen LogP contribution in [-0.2, 0) is 0 Å². The van der Waals surface area contributed by atoms with Crippen LogP contribution in [0.1, 0.15) is 10.6 Å². The summed E-state index contributed by atoms with van der Waals surface area (Å²) >= 11 is 1.36. The predicted octanol–water partition coefficient (Wildman–Crippen LogP) is 4.72. The minimum Gasteiger partial charge on any atom is -0.508 e. The van der Waals surface area contributed by atoms with E-state index in [-0.39, 0.29) is 11.6 Å². The second kappa shape index (κ2) is 6.42. The zero-order valence-corrected chi connectivity index (χ0v) is 12.7. The Morgan fingerprint density at radius 2 is 1.83 bits per heavy atom. The van der Waals surface area contributed by atoms with Gasteiger partial charge in [-0.15, -0.1) is 11.3 Å². The molecule has 0 amide bonds. The van der Waals surface area contributed by atoms with Crippen LogP contribution in [0.25, 0.3) is 22.9 Å². The first-order chi connectivity index (χ1) is 11.2. The van der Waals surface area contributed by atoms with Crippen molar-refractivity contribution in [1.82, 2.24) is 4.98 Å². The van der Waals surface area contributed by atoms with Gasteiger partial charge in [0.2, 0.25) is 0 Å². The Balaban J connectivity index is 1.92. The van der Waals surface area contributed by atoms with Gasteiger partial charge in [0.05, 0.1) is 11.3 Å². The Bertz CT molecular complexity index is 890. The Morgan fingerprint density at radius 3 is 2.48 bits per heavy atom. The second-order valence-corrected chi connectivity index (χ2v) is 5.66. The molecule has 23 heavy (non-hydrogen) atoms. The molecule has 0 atom stereocenters. The molecule has 0 bridgehead atoms. The highest BCUT2D eigenvalue weighted by Gasteiger charge is 2.09. The molecule has 0 radical (unpaired) electrons. The van der Waals surface area contributed by atoms with E-state index in [0.29, 0.717) is 16.3 Å². The topological polar surface area (TPSA) is 56.9 Å². The maximum atomic E-state index is 13.0. The summed E-state index contributed by atoms with van der Waals surface area (Å²) < 4.78 is 13.0. The number of aromatic hydroxyl groups is 1. The predicted molar refractivity (Wildman–Crippen MR) is 89.1 cm³/mol. The summed E-state index contributed by atoms with van der Waals surface area (Å²) in [5.74, 6) is -0.123. The standard InChI is InChI=1S/C18H11FN2OS/c19-15-5-3-13(4-6-15)17-11-23-18(21-17)14(10-20)9-12-1-7-16(22)8-2-12/h1-9,11,22H/b14-9+. The summed E-state index contributed by atoms with van der Waals surface area (Å²) in [6, 6.07) is 14.8. The SMILES string of the molecule is N#C/C(=C\c1ccc(O)cc1)c1nc(-c2ccc(F)cc2)cs1. The normalized spacial score (nSPS) is 11.2. The van der Waals surface area contributed by atoms with Gasteiger partial charge in [0.15, 0.2) is 0 Å². The number of hydrogen-bond donors (Lipinski definition) is 1. The lowest BCUT2D eigenvalue weighted by atomic mass is 10.1. The van der Waals surface area contributed by atoms with Crippen molar-refractivity contribution in [2.45, 2.75) is 0 Å². The smallest absolute Gasteiger partial charge is 0.134 e. The number of benzene rings is 2. The van der Waals surface area contributed by atoms with Crippen LogP contribution in [0, 0.1) is 17.1 Å². The van der Waals surface area contributed by atoms with Crippen LogP contribution in [0.15, 0.2) is 53.9 Å². The van der Waals surface area contributed by atoms with E-state index in [1.807, 2.05) is 5.38 Å². The van der Waals surface area contributed by atoms with Gasteiger partial charge < -0.3 is 5.11 Å². The van der Waals surface area contributed by atoms with Crippen LogP contribution in [-0.4, -0.2) is 10.1 Å².